The van der Waals surface area contributed by atoms with Crippen molar-refractivity contribution in [2.75, 3.05) is 13.2 Å². The van der Waals surface area contributed by atoms with E-state index in [1.165, 1.54) is 0 Å². The standard InChI is InChI=1S/C17H30N2O2/c1-5-9-13-11-20-15(18-13)17(7-3,8-4)16-19-14(10-6-2)12-21-16/h13-14H,5-12H2,1-4H3/t13-,14-/m0/s1. The van der Waals surface area contributed by atoms with Gasteiger partial charge in [-0.25, -0.2) is 9.98 Å². The van der Waals surface area contributed by atoms with Crippen LogP contribution in [0.25, 0.3) is 0 Å². The first-order valence-electron chi connectivity index (χ1n) is 8.62. The maximum Gasteiger partial charge on any atom is 0.199 e. The largest absolute Gasteiger partial charge is 0.478 e. The van der Waals surface area contributed by atoms with E-state index in [0.717, 1.165) is 63.5 Å². The van der Waals surface area contributed by atoms with E-state index in [4.69, 9.17) is 19.5 Å². The van der Waals surface area contributed by atoms with Gasteiger partial charge in [0, 0.05) is 0 Å². The van der Waals surface area contributed by atoms with Crippen LogP contribution in [0.3, 0.4) is 0 Å². The van der Waals surface area contributed by atoms with Gasteiger partial charge in [-0.2, -0.15) is 0 Å². The van der Waals surface area contributed by atoms with Crippen LogP contribution < -0.4 is 0 Å². The van der Waals surface area contributed by atoms with Gasteiger partial charge in [-0.3, -0.25) is 0 Å². The molecule has 21 heavy (non-hydrogen) atoms. The predicted octanol–water partition coefficient (Wildman–Crippen LogP) is 3.99. The summed E-state index contributed by atoms with van der Waals surface area (Å²) in [7, 11) is 0. The van der Waals surface area contributed by atoms with Gasteiger partial charge in [-0.15, -0.1) is 0 Å². The average molecular weight is 294 g/mol. The summed E-state index contributed by atoms with van der Waals surface area (Å²) < 4.78 is 11.9. The summed E-state index contributed by atoms with van der Waals surface area (Å²) in [6.45, 7) is 10.2. The van der Waals surface area contributed by atoms with Crippen molar-refractivity contribution in [2.45, 2.75) is 78.3 Å². The van der Waals surface area contributed by atoms with Crippen LogP contribution in [-0.4, -0.2) is 37.1 Å². The van der Waals surface area contributed by atoms with Crippen LogP contribution >= 0.6 is 0 Å². The van der Waals surface area contributed by atoms with E-state index in [9.17, 15) is 0 Å². The van der Waals surface area contributed by atoms with Crippen LogP contribution in [-0.2, 0) is 9.47 Å². The summed E-state index contributed by atoms with van der Waals surface area (Å²) in [4.78, 5) is 9.68. The Morgan fingerprint density at radius 2 is 1.29 bits per heavy atom. The molecule has 2 aliphatic heterocycles. The highest BCUT2D eigenvalue weighted by Crippen LogP contribution is 2.36. The minimum atomic E-state index is -0.245. The van der Waals surface area contributed by atoms with E-state index in [-0.39, 0.29) is 5.41 Å². The van der Waals surface area contributed by atoms with Gasteiger partial charge in [-0.1, -0.05) is 40.5 Å². The van der Waals surface area contributed by atoms with Gasteiger partial charge >= 0.3 is 0 Å². The van der Waals surface area contributed by atoms with E-state index in [0.29, 0.717) is 12.1 Å². The number of aliphatic imine (C=N–C) groups is 2. The third kappa shape index (κ3) is 3.24. The monoisotopic (exact) mass is 294 g/mol. The summed E-state index contributed by atoms with van der Waals surface area (Å²) >= 11 is 0. The molecule has 4 nitrogen and oxygen atoms in total. The smallest absolute Gasteiger partial charge is 0.199 e. The average Bonchev–Trinajstić information content (AvgIpc) is 3.13. The quantitative estimate of drug-likeness (QED) is 0.679. The van der Waals surface area contributed by atoms with E-state index in [2.05, 4.69) is 27.7 Å². The van der Waals surface area contributed by atoms with Gasteiger partial charge in [0.2, 0.25) is 0 Å². The zero-order chi connectivity index (χ0) is 15.3. The molecule has 2 heterocycles. The maximum absolute atomic E-state index is 5.96. The lowest BCUT2D eigenvalue weighted by Gasteiger charge is -2.29. The molecular weight excluding hydrogens is 264 g/mol. The van der Waals surface area contributed by atoms with Gasteiger partial charge in [0.25, 0.3) is 0 Å². The molecule has 2 atom stereocenters. The molecule has 0 aromatic carbocycles. The number of hydrogen-bond donors (Lipinski definition) is 0. The van der Waals surface area contributed by atoms with Crippen LogP contribution in [0.2, 0.25) is 0 Å². The summed E-state index contributed by atoms with van der Waals surface area (Å²) in [6.07, 6.45) is 6.34. The highest BCUT2D eigenvalue weighted by molar-refractivity contribution is 6.06. The van der Waals surface area contributed by atoms with Crippen molar-refractivity contribution in [3.8, 4) is 0 Å². The van der Waals surface area contributed by atoms with Crippen molar-refractivity contribution < 1.29 is 9.47 Å². The Bertz CT molecular complexity index is 366. The molecule has 4 heteroatoms. The lowest BCUT2D eigenvalue weighted by Crippen LogP contribution is -2.39. The molecule has 0 aliphatic carbocycles. The van der Waals surface area contributed by atoms with Crippen molar-refractivity contribution in [1.29, 1.82) is 0 Å². The van der Waals surface area contributed by atoms with Crippen molar-refractivity contribution in [3.05, 3.63) is 0 Å². The lowest BCUT2D eigenvalue weighted by molar-refractivity contribution is 0.242. The first-order chi connectivity index (χ1) is 10.2. The minimum Gasteiger partial charge on any atom is -0.478 e. The van der Waals surface area contributed by atoms with Crippen LogP contribution in [0.4, 0.5) is 0 Å². The molecule has 0 spiro atoms. The normalized spacial score (nSPS) is 25.3. The molecule has 0 aromatic rings. The second kappa shape index (κ2) is 7.28. The Balaban J connectivity index is 2.21. The summed E-state index contributed by atoms with van der Waals surface area (Å²) in [5.74, 6) is 1.73. The highest BCUT2D eigenvalue weighted by Gasteiger charge is 2.46. The molecule has 0 saturated heterocycles. The van der Waals surface area contributed by atoms with E-state index in [1.807, 2.05) is 0 Å². The summed E-state index contributed by atoms with van der Waals surface area (Å²) in [5.41, 5.74) is -0.245. The lowest BCUT2D eigenvalue weighted by atomic mass is 9.81. The molecule has 0 aromatic heterocycles. The molecule has 2 aliphatic rings. The fourth-order valence-electron chi connectivity index (χ4n) is 3.26. The molecule has 0 unspecified atom stereocenters. The SMILES string of the molecule is CCC[C@H]1COC(C(CC)(CC)C2=N[C@@H](CCC)CO2)=N1. The predicted molar refractivity (Wildman–Crippen MR) is 87.2 cm³/mol. The number of nitrogens with zero attached hydrogens (tertiary/aromatic N) is 2. The molecule has 2 rings (SSSR count). The molecule has 0 radical (unpaired) electrons. The van der Waals surface area contributed by atoms with Gasteiger partial charge in [0.15, 0.2) is 11.8 Å². The first kappa shape index (κ1) is 16.3. The zero-order valence-corrected chi connectivity index (χ0v) is 14.0. The summed E-state index contributed by atoms with van der Waals surface area (Å²) in [5, 5.41) is 0. The molecule has 0 bridgehead atoms. The second-order valence-electron chi connectivity index (χ2n) is 6.16. The molecule has 0 amide bonds. The molecule has 0 N–H and O–H groups in total. The van der Waals surface area contributed by atoms with Gasteiger partial charge in [-0.05, 0) is 25.7 Å². The first-order valence-corrected chi connectivity index (χ1v) is 8.62. The van der Waals surface area contributed by atoms with E-state index in [1.54, 1.807) is 0 Å². The molecule has 120 valence electrons. The number of rotatable bonds is 8. The Labute approximate surface area is 129 Å². The topological polar surface area (TPSA) is 43.2 Å². The van der Waals surface area contributed by atoms with Crippen molar-refractivity contribution >= 4 is 11.8 Å². The Morgan fingerprint density at radius 1 is 0.857 bits per heavy atom. The van der Waals surface area contributed by atoms with Gasteiger partial charge < -0.3 is 9.47 Å². The van der Waals surface area contributed by atoms with Crippen LogP contribution in [0.5, 0.6) is 0 Å². The number of hydrogen-bond acceptors (Lipinski definition) is 4. The fraction of sp³-hybridized carbons (Fsp3) is 0.882. The molecule has 0 fully saturated rings. The van der Waals surface area contributed by atoms with Crippen molar-refractivity contribution in [1.82, 2.24) is 0 Å². The maximum atomic E-state index is 5.96. The Hall–Kier alpha value is -1.06. The Morgan fingerprint density at radius 3 is 1.62 bits per heavy atom. The third-order valence-corrected chi connectivity index (χ3v) is 4.69. The molecule has 0 saturated carbocycles. The molecular formula is C17H30N2O2. The fourth-order valence-corrected chi connectivity index (χ4v) is 3.26. The van der Waals surface area contributed by atoms with Gasteiger partial charge in [0.05, 0.1) is 12.1 Å². The highest BCUT2D eigenvalue weighted by atomic mass is 16.5. The number of ether oxygens (including phenoxy) is 2. The second-order valence-corrected chi connectivity index (χ2v) is 6.16. The van der Waals surface area contributed by atoms with Crippen LogP contribution in [0.1, 0.15) is 66.2 Å². The van der Waals surface area contributed by atoms with Gasteiger partial charge in [0.1, 0.15) is 18.6 Å². The summed E-state index contributed by atoms with van der Waals surface area (Å²) in [6, 6.07) is 0.631. The van der Waals surface area contributed by atoms with Crippen LogP contribution in [0, 0.1) is 5.41 Å². The van der Waals surface area contributed by atoms with E-state index < -0.39 is 0 Å². The Kier molecular flexibility index (Phi) is 5.65. The van der Waals surface area contributed by atoms with Crippen LogP contribution in [0.15, 0.2) is 9.98 Å². The minimum absolute atomic E-state index is 0.245. The van der Waals surface area contributed by atoms with Crippen molar-refractivity contribution in [3.63, 3.8) is 0 Å². The van der Waals surface area contributed by atoms with Crippen molar-refractivity contribution in [2.24, 2.45) is 15.4 Å². The van der Waals surface area contributed by atoms with E-state index >= 15 is 0 Å². The third-order valence-electron chi connectivity index (χ3n) is 4.69. The zero-order valence-electron chi connectivity index (χ0n) is 14.0.